The fourth-order valence-electron chi connectivity index (χ4n) is 3.89. The Kier molecular flexibility index (Phi) is 5.21. The third-order valence-corrected chi connectivity index (χ3v) is 5.50. The first-order valence-electron chi connectivity index (χ1n) is 9.02. The van der Waals surface area contributed by atoms with Gasteiger partial charge in [0.15, 0.2) is 0 Å². The van der Waals surface area contributed by atoms with Crippen LogP contribution in [0, 0.1) is 11.8 Å². The van der Waals surface area contributed by atoms with E-state index in [1.165, 1.54) is 10.5 Å². The number of nitrogens with one attached hydrogen (secondary N) is 1. The lowest BCUT2D eigenvalue weighted by molar-refractivity contribution is -0.919. The molecule has 1 aromatic rings. The Balaban J connectivity index is 1.47. The van der Waals surface area contributed by atoms with E-state index >= 15 is 0 Å². The molecule has 0 bridgehead atoms. The standard InChI is InChI=1S/C19H28N2O2/c1-15-5-11-21(12-6-15)19(23)17-7-9-20(10-8-17)14-16-3-2-4-18(22)13-16/h2-4,13,15,17,22H,5-12,14H2,1H3/p+1. The number of carbonyl (C=O) groups excluding carboxylic acids is 1. The van der Waals surface area contributed by atoms with Crippen LogP contribution in [0.5, 0.6) is 5.75 Å². The van der Waals surface area contributed by atoms with Gasteiger partial charge in [-0.3, -0.25) is 4.79 Å². The average Bonchev–Trinajstić information content (AvgIpc) is 2.56. The third kappa shape index (κ3) is 4.25. The summed E-state index contributed by atoms with van der Waals surface area (Å²) in [5.41, 5.74) is 1.18. The van der Waals surface area contributed by atoms with Crippen LogP contribution in [0.4, 0.5) is 0 Å². The molecule has 0 saturated carbocycles. The topological polar surface area (TPSA) is 45.0 Å². The van der Waals surface area contributed by atoms with Gasteiger partial charge < -0.3 is 14.9 Å². The highest BCUT2D eigenvalue weighted by atomic mass is 16.3. The number of aromatic hydroxyl groups is 1. The molecule has 1 aromatic carbocycles. The van der Waals surface area contributed by atoms with Crippen molar-refractivity contribution in [2.45, 2.75) is 39.2 Å². The first-order chi connectivity index (χ1) is 11.1. The molecule has 2 aliphatic rings. The zero-order valence-electron chi connectivity index (χ0n) is 14.1. The van der Waals surface area contributed by atoms with Gasteiger partial charge in [0.1, 0.15) is 12.3 Å². The molecule has 3 rings (SSSR count). The molecule has 23 heavy (non-hydrogen) atoms. The van der Waals surface area contributed by atoms with Crippen LogP contribution in [0.2, 0.25) is 0 Å². The fourth-order valence-corrected chi connectivity index (χ4v) is 3.89. The van der Waals surface area contributed by atoms with Crippen LogP contribution in [0.3, 0.4) is 0 Å². The number of phenols is 1. The molecule has 0 atom stereocenters. The fraction of sp³-hybridized carbons (Fsp3) is 0.632. The van der Waals surface area contributed by atoms with E-state index in [4.69, 9.17) is 0 Å². The summed E-state index contributed by atoms with van der Waals surface area (Å²) in [5.74, 6) is 1.74. The van der Waals surface area contributed by atoms with E-state index in [1.54, 1.807) is 6.07 Å². The average molecular weight is 317 g/mol. The quantitative estimate of drug-likeness (QED) is 0.886. The lowest BCUT2D eigenvalue weighted by atomic mass is 9.92. The van der Waals surface area contributed by atoms with Crippen LogP contribution in [0.25, 0.3) is 0 Å². The second-order valence-electron chi connectivity index (χ2n) is 7.38. The molecule has 2 fully saturated rings. The maximum absolute atomic E-state index is 12.7. The van der Waals surface area contributed by atoms with Crippen molar-refractivity contribution in [2.75, 3.05) is 26.2 Å². The first kappa shape index (κ1) is 16.3. The number of carbonyl (C=O) groups is 1. The van der Waals surface area contributed by atoms with Gasteiger partial charge in [-0.15, -0.1) is 0 Å². The van der Waals surface area contributed by atoms with Crippen molar-refractivity contribution in [1.29, 1.82) is 0 Å². The van der Waals surface area contributed by atoms with Gasteiger partial charge in [0.05, 0.1) is 13.1 Å². The Morgan fingerprint density at radius 3 is 2.57 bits per heavy atom. The van der Waals surface area contributed by atoms with Crippen LogP contribution in [-0.4, -0.2) is 42.1 Å². The summed E-state index contributed by atoms with van der Waals surface area (Å²) in [4.78, 5) is 16.3. The van der Waals surface area contributed by atoms with E-state index in [0.29, 0.717) is 11.7 Å². The second kappa shape index (κ2) is 7.35. The summed E-state index contributed by atoms with van der Waals surface area (Å²) in [5, 5.41) is 9.56. The first-order valence-corrected chi connectivity index (χ1v) is 9.02. The van der Waals surface area contributed by atoms with E-state index in [2.05, 4.69) is 17.9 Å². The molecule has 126 valence electrons. The van der Waals surface area contributed by atoms with Gasteiger partial charge in [-0.05, 0) is 30.9 Å². The zero-order valence-corrected chi connectivity index (χ0v) is 14.1. The Hall–Kier alpha value is -1.55. The lowest BCUT2D eigenvalue weighted by Crippen LogP contribution is -3.11. The van der Waals surface area contributed by atoms with Gasteiger partial charge in [0.2, 0.25) is 5.91 Å². The normalized spacial score (nSPS) is 26.2. The van der Waals surface area contributed by atoms with E-state index < -0.39 is 0 Å². The van der Waals surface area contributed by atoms with Crippen molar-refractivity contribution >= 4 is 5.91 Å². The molecule has 0 radical (unpaired) electrons. The molecule has 0 unspecified atom stereocenters. The zero-order chi connectivity index (χ0) is 16.2. The Labute approximate surface area is 139 Å². The minimum Gasteiger partial charge on any atom is -0.508 e. The minimum absolute atomic E-state index is 0.233. The number of piperidine rings is 2. The monoisotopic (exact) mass is 317 g/mol. The molecule has 0 aliphatic carbocycles. The molecule has 0 aromatic heterocycles. The maximum atomic E-state index is 12.7. The van der Waals surface area contributed by atoms with Crippen LogP contribution in [0.1, 0.15) is 38.2 Å². The van der Waals surface area contributed by atoms with Crippen LogP contribution in [-0.2, 0) is 11.3 Å². The van der Waals surface area contributed by atoms with Crippen molar-refractivity contribution in [2.24, 2.45) is 11.8 Å². The van der Waals surface area contributed by atoms with Gasteiger partial charge in [0, 0.05) is 37.4 Å². The predicted molar refractivity (Wildman–Crippen MR) is 90.2 cm³/mol. The molecular formula is C19H29N2O2+. The van der Waals surface area contributed by atoms with Crippen molar-refractivity contribution in [3.63, 3.8) is 0 Å². The number of nitrogens with zero attached hydrogens (tertiary/aromatic N) is 1. The highest BCUT2D eigenvalue weighted by molar-refractivity contribution is 5.79. The summed E-state index contributed by atoms with van der Waals surface area (Å²) < 4.78 is 0. The summed E-state index contributed by atoms with van der Waals surface area (Å²) in [6, 6.07) is 7.53. The SMILES string of the molecule is CC1CCN(C(=O)C2CC[NH+](Cc3cccc(O)c3)CC2)CC1. The number of benzene rings is 1. The summed E-state index contributed by atoms with van der Waals surface area (Å²) in [6.45, 7) is 7.24. The molecule has 2 N–H and O–H groups in total. The number of rotatable bonds is 3. The largest absolute Gasteiger partial charge is 0.508 e. The number of hydrogen-bond donors (Lipinski definition) is 2. The van der Waals surface area contributed by atoms with Crippen molar-refractivity contribution in [3.8, 4) is 5.75 Å². The van der Waals surface area contributed by atoms with E-state index in [1.807, 2.05) is 12.1 Å². The lowest BCUT2D eigenvalue weighted by Gasteiger charge is -2.35. The van der Waals surface area contributed by atoms with Gasteiger partial charge >= 0.3 is 0 Å². The Morgan fingerprint density at radius 1 is 1.22 bits per heavy atom. The molecule has 2 aliphatic heterocycles. The number of amides is 1. The van der Waals surface area contributed by atoms with Crippen LogP contribution < -0.4 is 4.90 Å². The molecule has 4 nitrogen and oxygen atoms in total. The minimum atomic E-state index is 0.233. The highest BCUT2D eigenvalue weighted by Crippen LogP contribution is 2.21. The third-order valence-electron chi connectivity index (χ3n) is 5.50. The molecule has 2 heterocycles. The predicted octanol–water partition coefficient (Wildman–Crippen LogP) is 1.45. The molecule has 4 heteroatoms. The van der Waals surface area contributed by atoms with E-state index in [9.17, 15) is 9.90 Å². The summed E-state index contributed by atoms with van der Waals surface area (Å²) >= 11 is 0. The van der Waals surface area contributed by atoms with Crippen molar-refractivity contribution < 1.29 is 14.8 Å². The van der Waals surface area contributed by atoms with E-state index in [-0.39, 0.29) is 5.92 Å². The smallest absolute Gasteiger partial charge is 0.226 e. The van der Waals surface area contributed by atoms with Gasteiger partial charge in [-0.1, -0.05) is 19.1 Å². The van der Waals surface area contributed by atoms with Crippen molar-refractivity contribution in [3.05, 3.63) is 29.8 Å². The maximum Gasteiger partial charge on any atom is 0.226 e. The molecule has 1 amide bonds. The van der Waals surface area contributed by atoms with Gasteiger partial charge in [0.25, 0.3) is 0 Å². The molecule has 0 spiro atoms. The number of quaternary nitrogens is 1. The van der Waals surface area contributed by atoms with E-state index in [0.717, 1.165) is 64.3 Å². The molecular weight excluding hydrogens is 288 g/mol. The second-order valence-corrected chi connectivity index (χ2v) is 7.38. The summed E-state index contributed by atoms with van der Waals surface area (Å²) in [6.07, 6.45) is 4.32. The van der Waals surface area contributed by atoms with Gasteiger partial charge in [-0.2, -0.15) is 0 Å². The van der Waals surface area contributed by atoms with Crippen LogP contribution >= 0.6 is 0 Å². The Bertz CT molecular complexity index is 530. The van der Waals surface area contributed by atoms with Gasteiger partial charge in [-0.25, -0.2) is 0 Å². The molecule has 2 saturated heterocycles. The number of phenolic OH excluding ortho intramolecular Hbond substituents is 1. The Morgan fingerprint density at radius 2 is 1.91 bits per heavy atom. The van der Waals surface area contributed by atoms with Crippen LogP contribution in [0.15, 0.2) is 24.3 Å². The highest BCUT2D eigenvalue weighted by Gasteiger charge is 2.31. The summed E-state index contributed by atoms with van der Waals surface area (Å²) in [7, 11) is 0. The van der Waals surface area contributed by atoms with Crippen molar-refractivity contribution in [1.82, 2.24) is 4.90 Å². The number of likely N-dealkylation sites (tertiary alicyclic amines) is 2. The number of hydrogen-bond acceptors (Lipinski definition) is 2.